The molecule has 30 heavy (non-hydrogen) atoms. The number of nitrogens with zero attached hydrogens (tertiary/aromatic N) is 4. The number of carbonyl (C=O) groups excluding carboxylic acids is 2. The molecule has 2 aliphatic rings. The first-order valence-corrected chi connectivity index (χ1v) is 10.8. The van der Waals surface area contributed by atoms with Crippen LogP contribution in [0.4, 0.5) is 0 Å². The summed E-state index contributed by atoms with van der Waals surface area (Å²) in [5.74, 6) is 0.443. The van der Waals surface area contributed by atoms with Crippen LogP contribution in [0, 0.1) is 0 Å². The Hall–Kier alpha value is -2.54. The molecule has 0 bridgehead atoms. The molecule has 7 nitrogen and oxygen atoms in total. The molecular weight excluding hydrogens is 404 g/mol. The molecule has 3 heterocycles. The summed E-state index contributed by atoms with van der Waals surface area (Å²) in [5, 5.41) is 5.10. The third-order valence-electron chi connectivity index (χ3n) is 5.69. The van der Waals surface area contributed by atoms with Gasteiger partial charge in [0.25, 0.3) is 11.8 Å². The number of halogens is 1. The van der Waals surface area contributed by atoms with Crippen LogP contribution in [0.1, 0.15) is 42.9 Å². The number of piperazine rings is 1. The molecule has 1 aromatic heterocycles. The number of aromatic nitrogens is 2. The lowest BCUT2D eigenvalue weighted by Gasteiger charge is -2.38. The number of hydrogen-bond donors (Lipinski definition) is 0. The zero-order valence-electron chi connectivity index (χ0n) is 17.4. The van der Waals surface area contributed by atoms with E-state index in [1.807, 2.05) is 10.7 Å². The smallest absolute Gasteiger partial charge is 0.274 e. The maximum absolute atomic E-state index is 13.0. The Kier molecular flexibility index (Phi) is 5.73. The Balaban J connectivity index is 1.35. The molecule has 4 rings (SSSR count). The van der Waals surface area contributed by atoms with Crippen LogP contribution in [-0.2, 0) is 17.8 Å². The maximum Gasteiger partial charge on any atom is 0.274 e. The van der Waals surface area contributed by atoms with Crippen molar-refractivity contribution in [3.05, 3.63) is 46.7 Å². The minimum absolute atomic E-state index is 0.0549. The predicted molar refractivity (Wildman–Crippen MR) is 114 cm³/mol. The van der Waals surface area contributed by atoms with Gasteiger partial charge in [0.2, 0.25) is 0 Å². The summed E-state index contributed by atoms with van der Waals surface area (Å²) in [6.45, 7) is 6.34. The van der Waals surface area contributed by atoms with Crippen LogP contribution in [0.25, 0.3) is 0 Å². The number of benzene rings is 1. The van der Waals surface area contributed by atoms with Crippen molar-refractivity contribution in [1.82, 2.24) is 19.6 Å². The summed E-state index contributed by atoms with van der Waals surface area (Å²) in [6, 6.07) is 8.88. The molecule has 2 aromatic rings. The van der Waals surface area contributed by atoms with Crippen molar-refractivity contribution in [2.75, 3.05) is 26.2 Å². The first kappa shape index (κ1) is 20.7. The normalized spacial score (nSPS) is 16.9. The molecular formula is C22H27ClN4O3. The van der Waals surface area contributed by atoms with Crippen molar-refractivity contribution < 1.29 is 14.3 Å². The third kappa shape index (κ3) is 4.31. The zero-order valence-corrected chi connectivity index (χ0v) is 18.2. The molecule has 1 fully saturated rings. The Morgan fingerprint density at radius 1 is 1.00 bits per heavy atom. The van der Waals surface area contributed by atoms with Crippen LogP contribution in [0.3, 0.4) is 0 Å². The highest BCUT2D eigenvalue weighted by Crippen LogP contribution is 2.23. The zero-order chi connectivity index (χ0) is 21.3. The second-order valence-electron chi connectivity index (χ2n) is 8.35. The van der Waals surface area contributed by atoms with E-state index in [0.717, 1.165) is 31.5 Å². The van der Waals surface area contributed by atoms with Gasteiger partial charge in [0.15, 0.2) is 11.3 Å². The lowest BCUT2D eigenvalue weighted by Crippen LogP contribution is -2.56. The molecule has 160 valence electrons. The summed E-state index contributed by atoms with van der Waals surface area (Å²) >= 11 is 5.91. The van der Waals surface area contributed by atoms with Gasteiger partial charge in [-0.05, 0) is 63.4 Å². The fourth-order valence-corrected chi connectivity index (χ4v) is 4.14. The molecule has 0 radical (unpaired) electrons. The van der Waals surface area contributed by atoms with Crippen LogP contribution in [0.2, 0.25) is 5.02 Å². The molecule has 0 atom stereocenters. The van der Waals surface area contributed by atoms with E-state index in [1.54, 1.807) is 47.9 Å². The summed E-state index contributed by atoms with van der Waals surface area (Å²) in [4.78, 5) is 29.4. The van der Waals surface area contributed by atoms with Gasteiger partial charge >= 0.3 is 0 Å². The second-order valence-corrected chi connectivity index (χ2v) is 8.79. The van der Waals surface area contributed by atoms with E-state index in [1.165, 1.54) is 0 Å². The van der Waals surface area contributed by atoms with Gasteiger partial charge in [-0.3, -0.25) is 14.3 Å². The number of ether oxygens (including phenoxy) is 1. The van der Waals surface area contributed by atoms with Crippen LogP contribution < -0.4 is 4.74 Å². The molecule has 1 saturated heterocycles. The van der Waals surface area contributed by atoms with Gasteiger partial charge in [-0.25, -0.2) is 0 Å². The summed E-state index contributed by atoms with van der Waals surface area (Å²) in [6.07, 6.45) is 3.23. The molecule has 0 aliphatic carbocycles. The molecule has 0 unspecified atom stereocenters. The molecule has 0 N–H and O–H groups in total. The van der Waals surface area contributed by atoms with Gasteiger partial charge in [-0.2, -0.15) is 5.10 Å². The van der Waals surface area contributed by atoms with Crippen molar-refractivity contribution in [2.24, 2.45) is 0 Å². The van der Waals surface area contributed by atoms with E-state index in [-0.39, 0.29) is 11.8 Å². The molecule has 2 aliphatic heterocycles. The molecule has 0 spiro atoms. The minimum Gasteiger partial charge on any atom is -0.478 e. The second kappa shape index (κ2) is 8.30. The average molecular weight is 431 g/mol. The summed E-state index contributed by atoms with van der Waals surface area (Å²) < 4.78 is 7.87. The van der Waals surface area contributed by atoms with Gasteiger partial charge in [0.05, 0.1) is 0 Å². The van der Waals surface area contributed by atoms with E-state index in [4.69, 9.17) is 16.3 Å². The van der Waals surface area contributed by atoms with Crippen LogP contribution in [0.5, 0.6) is 5.75 Å². The number of aryl methyl sites for hydroxylation is 2. The monoisotopic (exact) mass is 430 g/mol. The first-order valence-electron chi connectivity index (χ1n) is 10.4. The van der Waals surface area contributed by atoms with E-state index in [2.05, 4.69) is 5.10 Å². The van der Waals surface area contributed by atoms with Crippen LogP contribution in [0.15, 0.2) is 30.3 Å². The first-order chi connectivity index (χ1) is 14.3. The van der Waals surface area contributed by atoms with Gasteiger partial charge in [-0.1, -0.05) is 11.6 Å². The van der Waals surface area contributed by atoms with Crippen molar-refractivity contribution in [3.63, 3.8) is 0 Å². The fraction of sp³-hybridized carbons (Fsp3) is 0.500. The van der Waals surface area contributed by atoms with Crippen molar-refractivity contribution in [1.29, 1.82) is 0 Å². The number of fused-ring (bicyclic) bond motifs is 1. The van der Waals surface area contributed by atoms with Gasteiger partial charge in [0.1, 0.15) is 5.75 Å². The van der Waals surface area contributed by atoms with E-state index < -0.39 is 5.60 Å². The molecule has 8 heteroatoms. The predicted octanol–water partition coefficient (Wildman–Crippen LogP) is 3.01. The Bertz CT molecular complexity index is 907. The van der Waals surface area contributed by atoms with Crippen LogP contribution >= 0.6 is 11.6 Å². The highest BCUT2D eigenvalue weighted by molar-refractivity contribution is 6.30. The Morgan fingerprint density at radius 3 is 2.33 bits per heavy atom. The average Bonchev–Trinajstić information content (AvgIpc) is 3.18. The highest BCUT2D eigenvalue weighted by atomic mass is 35.5. The molecule has 1 aromatic carbocycles. The van der Waals surface area contributed by atoms with Gasteiger partial charge in [0, 0.05) is 43.4 Å². The fourth-order valence-electron chi connectivity index (χ4n) is 4.02. The largest absolute Gasteiger partial charge is 0.478 e. The number of amides is 2. The third-order valence-corrected chi connectivity index (χ3v) is 5.94. The molecule has 2 amide bonds. The Morgan fingerprint density at radius 2 is 1.67 bits per heavy atom. The van der Waals surface area contributed by atoms with Gasteiger partial charge in [-0.15, -0.1) is 0 Å². The van der Waals surface area contributed by atoms with E-state index in [0.29, 0.717) is 42.6 Å². The Labute approximate surface area is 181 Å². The number of carbonyl (C=O) groups is 2. The van der Waals surface area contributed by atoms with Crippen molar-refractivity contribution in [3.8, 4) is 5.75 Å². The quantitative estimate of drug-likeness (QED) is 0.747. The number of rotatable bonds is 4. The lowest BCUT2D eigenvalue weighted by molar-refractivity contribution is -0.147. The number of hydrogen-bond acceptors (Lipinski definition) is 4. The SMILES string of the molecule is CC(C)(Oc1ccc(Cl)cc1)C(=O)N1CCN(C(=O)c2cc3n(n2)CCCC3)CC1. The van der Waals surface area contributed by atoms with Crippen LogP contribution in [-0.4, -0.2) is 63.2 Å². The summed E-state index contributed by atoms with van der Waals surface area (Å²) in [7, 11) is 0. The maximum atomic E-state index is 13.0. The summed E-state index contributed by atoms with van der Waals surface area (Å²) in [5.41, 5.74) is 0.640. The van der Waals surface area contributed by atoms with Crippen molar-refractivity contribution >= 4 is 23.4 Å². The minimum atomic E-state index is -1.01. The van der Waals surface area contributed by atoms with Gasteiger partial charge < -0.3 is 14.5 Å². The van der Waals surface area contributed by atoms with E-state index >= 15 is 0 Å². The molecule has 0 saturated carbocycles. The standard InChI is InChI=1S/C22H27ClN4O3/c1-22(2,30-18-8-6-16(23)7-9-18)21(29)26-13-11-25(12-14-26)20(28)19-15-17-5-3-4-10-27(17)24-19/h6-9,15H,3-5,10-14H2,1-2H3. The lowest BCUT2D eigenvalue weighted by atomic mass is 10.1. The highest BCUT2D eigenvalue weighted by Gasteiger charge is 2.36. The topological polar surface area (TPSA) is 67.7 Å². The van der Waals surface area contributed by atoms with E-state index in [9.17, 15) is 9.59 Å². The van der Waals surface area contributed by atoms with Crippen molar-refractivity contribution in [2.45, 2.75) is 45.3 Å².